The summed E-state index contributed by atoms with van der Waals surface area (Å²) in [5, 5.41) is 9.22. The predicted molar refractivity (Wildman–Crippen MR) is 69.7 cm³/mol. The maximum Gasteiger partial charge on any atom is 0.326 e. The SMILES string of the molecule is O=c1[nH]c2cccc(F)c2n1Cc1ccc(O)cc1. The number of rotatable bonds is 2. The average molecular weight is 258 g/mol. The first-order valence-electron chi connectivity index (χ1n) is 5.80. The molecular weight excluding hydrogens is 247 g/mol. The van der Waals surface area contributed by atoms with Gasteiger partial charge in [0.25, 0.3) is 0 Å². The van der Waals surface area contributed by atoms with Gasteiger partial charge >= 0.3 is 5.69 Å². The summed E-state index contributed by atoms with van der Waals surface area (Å²) in [5.74, 6) is -0.282. The Labute approximate surface area is 107 Å². The molecule has 0 unspecified atom stereocenters. The number of aromatic hydroxyl groups is 1. The van der Waals surface area contributed by atoms with Crippen LogP contribution in [0.15, 0.2) is 47.3 Å². The lowest BCUT2D eigenvalue weighted by atomic mass is 10.2. The van der Waals surface area contributed by atoms with Gasteiger partial charge in [0.1, 0.15) is 17.1 Å². The minimum absolute atomic E-state index is 0.154. The number of phenolic OH excluding ortho intramolecular Hbond substituents is 1. The van der Waals surface area contributed by atoms with E-state index in [0.29, 0.717) is 5.52 Å². The normalized spacial score (nSPS) is 11.0. The number of benzene rings is 2. The molecule has 0 fully saturated rings. The van der Waals surface area contributed by atoms with E-state index in [2.05, 4.69) is 4.98 Å². The molecule has 0 spiro atoms. The van der Waals surface area contributed by atoms with Gasteiger partial charge in [0, 0.05) is 0 Å². The summed E-state index contributed by atoms with van der Waals surface area (Å²) in [6.45, 7) is 0.250. The van der Waals surface area contributed by atoms with Gasteiger partial charge in [0.15, 0.2) is 0 Å². The number of aromatic amines is 1. The number of phenols is 1. The monoisotopic (exact) mass is 258 g/mol. The van der Waals surface area contributed by atoms with Crippen molar-refractivity contribution in [1.29, 1.82) is 0 Å². The van der Waals surface area contributed by atoms with Crippen LogP contribution in [0, 0.1) is 5.82 Å². The third kappa shape index (κ3) is 1.99. The first kappa shape index (κ1) is 11.5. The highest BCUT2D eigenvalue weighted by Crippen LogP contribution is 2.16. The molecule has 0 atom stereocenters. The molecule has 0 saturated heterocycles. The zero-order valence-corrected chi connectivity index (χ0v) is 9.93. The lowest BCUT2D eigenvalue weighted by molar-refractivity contribution is 0.475. The van der Waals surface area contributed by atoms with Crippen LogP contribution in [0.25, 0.3) is 11.0 Å². The number of para-hydroxylation sites is 1. The zero-order chi connectivity index (χ0) is 13.4. The van der Waals surface area contributed by atoms with Crippen molar-refractivity contribution in [3.8, 4) is 5.75 Å². The van der Waals surface area contributed by atoms with Crippen LogP contribution in [0.4, 0.5) is 4.39 Å². The summed E-state index contributed by atoms with van der Waals surface area (Å²) in [5.41, 5.74) is 1.20. The van der Waals surface area contributed by atoms with E-state index < -0.39 is 5.82 Å². The third-order valence-corrected chi connectivity index (χ3v) is 3.02. The Morgan fingerprint density at radius 3 is 2.63 bits per heavy atom. The highest BCUT2D eigenvalue weighted by Gasteiger charge is 2.11. The third-order valence-electron chi connectivity index (χ3n) is 3.02. The molecule has 0 aliphatic rings. The summed E-state index contributed by atoms with van der Waals surface area (Å²) in [6, 6.07) is 11.0. The Balaban J connectivity index is 2.12. The fourth-order valence-electron chi connectivity index (χ4n) is 2.11. The average Bonchev–Trinajstić information content (AvgIpc) is 2.70. The van der Waals surface area contributed by atoms with Crippen LogP contribution < -0.4 is 5.69 Å². The smallest absolute Gasteiger partial charge is 0.326 e. The molecule has 0 bridgehead atoms. The Hall–Kier alpha value is -2.56. The number of fused-ring (bicyclic) bond motifs is 1. The molecule has 2 aromatic carbocycles. The number of H-pyrrole nitrogens is 1. The topological polar surface area (TPSA) is 58.0 Å². The van der Waals surface area contributed by atoms with E-state index in [0.717, 1.165) is 5.56 Å². The van der Waals surface area contributed by atoms with Crippen LogP contribution in [0.2, 0.25) is 0 Å². The molecule has 4 nitrogen and oxygen atoms in total. The summed E-state index contributed by atoms with van der Waals surface area (Å²) < 4.78 is 15.2. The van der Waals surface area contributed by atoms with Crippen molar-refractivity contribution in [2.24, 2.45) is 0 Å². The minimum Gasteiger partial charge on any atom is -0.508 e. The number of hydrogen-bond acceptors (Lipinski definition) is 2. The molecule has 0 amide bonds. The molecule has 1 aromatic heterocycles. The maximum atomic E-state index is 13.8. The molecule has 2 N–H and O–H groups in total. The largest absolute Gasteiger partial charge is 0.508 e. The lowest BCUT2D eigenvalue weighted by Gasteiger charge is -2.04. The van der Waals surface area contributed by atoms with Gasteiger partial charge in [-0.1, -0.05) is 18.2 Å². The van der Waals surface area contributed by atoms with Crippen LogP contribution in [-0.2, 0) is 6.54 Å². The molecule has 96 valence electrons. The van der Waals surface area contributed by atoms with Gasteiger partial charge in [-0.25, -0.2) is 9.18 Å². The van der Waals surface area contributed by atoms with E-state index >= 15 is 0 Å². The van der Waals surface area contributed by atoms with Crippen LogP contribution in [-0.4, -0.2) is 14.7 Å². The van der Waals surface area contributed by atoms with Crippen molar-refractivity contribution in [2.45, 2.75) is 6.54 Å². The molecule has 5 heteroatoms. The second kappa shape index (κ2) is 4.28. The second-order valence-corrected chi connectivity index (χ2v) is 4.32. The fraction of sp³-hybridized carbons (Fsp3) is 0.0714. The molecule has 0 aliphatic carbocycles. The summed E-state index contributed by atoms with van der Waals surface area (Å²) in [6.07, 6.45) is 0. The van der Waals surface area contributed by atoms with Crippen molar-refractivity contribution in [3.05, 3.63) is 64.3 Å². The van der Waals surface area contributed by atoms with Crippen LogP contribution in [0.1, 0.15) is 5.56 Å². The molecule has 3 aromatic rings. The van der Waals surface area contributed by atoms with E-state index in [-0.39, 0.29) is 23.5 Å². The number of aromatic nitrogens is 2. The summed E-state index contributed by atoms with van der Waals surface area (Å²) in [7, 11) is 0. The highest BCUT2D eigenvalue weighted by atomic mass is 19.1. The van der Waals surface area contributed by atoms with Gasteiger partial charge in [-0.3, -0.25) is 4.57 Å². The molecule has 1 heterocycles. The van der Waals surface area contributed by atoms with Gasteiger partial charge in [0.2, 0.25) is 0 Å². The standard InChI is InChI=1S/C14H11FN2O2/c15-11-2-1-3-12-13(11)17(14(19)16-12)8-9-4-6-10(18)7-5-9/h1-7,18H,8H2,(H,16,19). The Morgan fingerprint density at radius 1 is 1.16 bits per heavy atom. The second-order valence-electron chi connectivity index (χ2n) is 4.32. The van der Waals surface area contributed by atoms with Gasteiger partial charge in [-0.15, -0.1) is 0 Å². The maximum absolute atomic E-state index is 13.8. The van der Waals surface area contributed by atoms with Crippen molar-refractivity contribution in [1.82, 2.24) is 9.55 Å². The van der Waals surface area contributed by atoms with Crippen LogP contribution in [0.3, 0.4) is 0 Å². The molecule has 0 radical (unpaired) electrons. The van der Waals surface area contributed by atoms with Gasteiger partial charge in [-0.05, 0) is 29.8 Å². The van der Waals surface area contributed by atoms with Gasteiger partial charge in [-0.2, -0.15) is 0 Å². The van der Waals surface area contributed by atoms with Crippen LogP contribution in [0.5, 0.6) is 5.75 Å². The first-order valence-corrected chi connectivity index (χ1v) is 5.80. The van der Waals surface area contributed by atoms with E-state index in [1.807, 2.05) is 0 Å². The molecular formula is C14H11FN2O2. The predicted octanol–water partition coefficient (Wildman–Crippen LogP) is 2.22. The minimum atomic E-state index is -0.436. The quantitative estimate of drug-likeness (QED) is 0.740. The molecule has 3 rings (SSSR count). The van der Waals surface area contributed by atoms with E-state index in [4.69, 9.17) is 0 Å². The van der Waals surface area contributed by atoms with Crippen LogP contribution >= 0.6 is 0 Å². The number of hydrogen-bond donors (Lipinski definition) is 2. The first-order chi connectivity index (χ1) is 9.15. The Bertz CT molecular complexity index is 787. The van der Waals surface area contributed by atoms with Gasteiger partial charge in [0.05, 0.1) is 12.1 Å². The Kier molecular flexibility index (Phi) is 2.59. The zero-order valence-electron chi connectivity index (χ0n) is 9.93. The summed E-state index contributed by atoms with van der Waals surface area (Å²) >= 11 is 0. The van der Waals surface area contributed by atoms with E-state index in [1.165, 1.54) is 22.8 Å². The molecule has 0 saturated carbocycles. The van der Waals surface area contributed by atoms with E-state index in [1.54, 1.807) is 24.3 Å². The molecule has 19 heavy (non-hydrogen) atoms. The van der Waals surface area contributed by atoms with Gasteiger partial charge < -0.3 is 10.1 Å². The van der Waals surface area contributed by atoms with Crippen molar-refractivity contribution < 1.29 is 9.50 Å². The lowest BCUT2D eigenvalue weighted by Crippen LogP contribution is -2.17. The molecule has 0 aliphatic heterocycles. The van der Waals surface area contributed by atoms with E-state index in [9.17, 15) is 14.3 Å². The van der Waals surface area contributed by atoms with Crippen molar-refractivity contribution in [2.75, 3.05) is 0 Å². The number of nitrogens with one attached hydrogen (secondary N) is 1. The summed E-state index contributed by atoms with van der Waals surface area (Å²) in [4.78, 5) is 14.5. The number of halogens is 1. The van der Waals surface area contributed by atoms with Crippen molar-refractivity contribution in [3.63, 3.8) is 0 Å². The number of imidazole rings is 1. The Morgan fingerprint density at radius 2 is 1.89 bits per heavy atom. The number of nitrogens with zero attached hydrogens (tertiary/aromatic N) is 1. The van der Waals surface area contributed by atoms with Crippen molar-refractivity contribution >= 4 is 11.0 Å². The highest BCUT2D eigenvalue weighted by molar-refractivity contribution is 5.75. The fourth-order valence-corrected chi connectivity index (χ4v) is 2.11.